The summed E-state index contributed by atoms with van der Waals surface area (Å²) in [5, 5.41) is 11.2. The van der Waals surface area contributed by atoms with Crippen LogP contribution in [0.15, 0.2) is 23.4 Å². The van der Waals surface area contributed by atoms with Crippen LogP contribution in [0.4, 0.5) is 13.2 Å². The lowest BCUT2D eigenvalue weighted by Crippen LogP contribution is -2.20. The second-order valence-corrected chi connectivity index (χ2v) is 4.46. The van der Waals surface area contributed by atoms with Gasteiger partial charge in [-0.05, 0) is 32.0 Å². The quantitative estimate of drug-likeness (QED) is 0.278. The first-order chi connectivity index (χ1) is 9.75. The molecule has 0 atom stereocenters. The molecule has 3 N–H and O–H groups in total. The van der Waals surface area contributed by atoms with E-state index in [0.717, 1.165) is 12.1 Å². The van der Waals surface area contributed by atoms with Gasteiger partial charge in [-0.2, -0.15) is 13.2 Å². The highest BCUT2D eigenvalue weighted by atomic mass is 19.4. The normalized spacial score (nSPS) is 12.8. The minimum Gasteiger partial charge on any atom is -0.491 e. The molecule has 0 aromatic heterocycles. The molecule has 0 aliphatic heterocycles. The van der Waals surface area contributed by atoms with Crippen LogP contribution in [-0.2, 0) is 10.9 Å². The monoisotopic (exact) mass is 306 g/mol. The van der Waals surface area contributed by atoms with E-state index in [2.05, 4.69) is 5.16 Å². The summed E-state index contributed by atoms with van der Waals surface area (Å²) < 4.78 is 49.0. The molecule has 0 amide bonds. The Bertz CT molecular complexity index is 502. The Balaban J connectivity index is 2.90. The van der Waals surface area contributed by atoms with E-state index in [1.165, 1.54) is 6.07 Å². The number of amidine groups is 1. The van der Waals surface area contributed by atoms with E-state index in [1.807, 2.05) is 13.8 Å². The van der Waals surface area contributed by atoms with Crippen LogP contribution in [0.3, 0.4) is 0 Å². The summed E-state index contributed by atoms with van der Waals surface area (Å²) in [6, 6.07) is 3.08. The molecule has 1 aromatic carbocycles. The summed E-state index contributed by atoms with van der Waals surface area (Å²) in [6.07, 6.45) is -4.57. The molecule has 118 valence electrons. The van der Waals surface area contributed by atoms with Crippen LogP contribution in [0.1, 0.15) is 25.0 Å². The lowest BCUT2D eigenvalue weighted by Gasteiger charge is -2.14. The van der Waals surface area contributed by atoms with E-state index in [1.54, 1.807) is 0 Å². The van der Waals surface area contributed by atoms with Crippen molar-refractivity contribution in [1.82, 2.24) is 0 Å². The first-order valence-electron chi connectivity index (χ1n) is 6.19. The minimum absolute atomic E-state index is 0.0360. The van der Waals surface area contributed by atoms with Gasteiger partial charge < -0.3 is 20.4 Å². The number of benzene rings is 1. The van der Waals surface area contributed by atoms with E-state index in [0.29, 0.717) is 6.61 Å². The van der Waals surface area contributed by atoms with Gasteiger partial charge in [-0.15, -0.1) is 0 Å². The van der Waals surface area contributed by atoms with E-state index in [-0.39, 0.29) is 18.5 Å². The van der Waals surface area contributed by atoms with E-state index in [9.17, 15) is 13.2 Å². The predicted molar refractivity (Wildman–Crippen MR) is 70.5 cm³/mol. The van der Waals surface area contributed by atoms with Gasteiger partial charge in [-0.3, -0.25) is 0 Å². The molecule has 0 aliphatic carbocycles. The number of ether oxygens (including phenoxy) is 2. The molecule has 1 rings (SSSR count). The van der Waals surface area contributed by atoms with Crippen molar-refractivity contribution in [1.29, 1.82) is 0 Å². The van der Waals surface area contributed by atoms with Gasteiger partial charge in [0.05, 0.1) is 18.3 Å². The zero-order valence-electron chi connectivity index (χ0n) is 11.6. The molecule has 0 spiro atoms. The van der Waals surface area contributed by atoms with Crippen LogP contribution in [0.2, 0.25) is 0 Å². The van der Waals surface area contributed by atoms with Gasteiger partial charge in [-0.25, -0.2) is 0 Å². The SMILES string of the molecule is CC(C)OCCOc1ccc(C(F)(F)F)c(/C(N)=N/O)c1. The minimum atomic E-state index is -4.61. The van der Waals surface area contributed by atoms with Gasteiger partial charge in [-0.1, -0.05) is 5.16 Å². The van der Waals surface area contributed by atoms with Crippen LogP contribution in [-0.4, -0.2) is 30.4 Å². The van der Waals surface area contributed by atoms with Crippen molar-refractivity contribution >= 4 is 5.84 Å². The van der Waals surface area contributed by atoms with Crippen molar-refractivity contribution in [3.63, 3.8) is 0 Å². The standard InChI is InChI=1S/C13H17F3N2O3/c1-8(2)20-5-6-21-9-3-4-11(13(14,15)16)10(7-9)12(17)18-19/h3-4,7-8,19H,5-6H2,1-2H3,(H2,17,18). The van der Waals surface area contributed by atoms with E-state index in [4.69, 9.17) is 20.4 Å². The largest absolute Gasteiger partial charge is 0.491 e. The molecule has 0 heterocycles. The molecule has 21 heavy (non-hydrogen) atoms. The molecule has 0 saturated heterocycles. The summed E-state index contributed by atoms with van der Waals surface area (Å²) in [4.78, 5) is 0. The molecule has 8 heteroatoms. The lowest BCUT2D eigenvalue weighted by atomic mass is 10.1. The fourth-order valence-electron chi connectivity index (χ4n) is 1.57. The van der Waals surface area contributed by atoms with Crippen molar-refractivity contribution in [2.24, 2.45) is 10.9 Å². The van der Waals surface area contributed by atoms with Crippen LogP contribution in [0.5, 0.6) is 5.75 Å². The highest BCUT2D eigenvalue weighted by molar-refractivity contribution is 5.99. The first kappa shape index (κ1) is 17.1. The Labute approximate surface area is 120 Å². The molecule has 0 fully saturated rings. The maximum Gasteiger partial charge on any atom is 0.417 e. The lowest BCUT2D eigenvalue weighted by molar-refractivity contribution is -0.137. The van der Waals surface area contributed by atoms with Crippen molar-refractivity contribution in [2.75, 3.05) is 13.2 Å². The number of alkyl halides is 3. The van der Waals surface area contributed by atoms with Crippen molar-refractivity contribution in [3.05, 3.63) is 29.3 Å². The topological polar surface area (TPSA) is 77.1 Å². The number of nitrogens with zero attached hydrogens (tertiary/aromatic N) is 1. The number of rotatable bonds is 6. The van der Waals surface area contributed by atoms with Gasteiger partial charge in [0.25, 0.3) is 0 Å². The second kappa shape index (κ2) is 7.16. The number of oxime groups is 1. The van der Waals surface area contributed by atoms with Gasteiger partial charge in [0.2, 0.25) is 0 Å². The molecule has 0 aliphatic rings. The summed E-state index contributed by atoms with van der Waals surface area (Å²) in [6.45, 7) is 4.19. The number of halogens is 3. The maximum absolute atomic E-state index is 12.8. The summed E-state index contributed by atoms with van der Waals surface area (Å²) in [5.74, 6) is -0.455. The fourth-order valence-corrected chi connectivity index (χ4v) is 1.57. The molecular weight excluding hydrogens is 289 g/mol. The highest BCUT2D eigenvalue weighted by Gasteiger charge is 2.34. The Morgan fingerprint density at radius 1 is 1.33 bits per heavy atom. The zero-order valence-corrected chi connectivity index (χ0v) is 11.6. The molecule has 1 aromatic rings. The predicted octanol–water partition coefficient (Wildman–Crippen LogP) is 2.60. The number of nitrogens with two attached hydrogens (primary N) is 1. The third-order valence-electron chi connectivity index (χ3n) is 2.48. The molecule has 0 saturated carbocycles. The average molecular weight is 306 g/mol. The van der Waals surface area contributed by atoms with Gasteiger partial charge in [0.1, 0.15) is 12.4 Å². The molecular formula is C13H17F3N2O3. The molecule has 0 bridgehead atoms. The Hall–Kier alpha value is -1.96. The first-order valence-corrected chi connectivity index (χ1v) is 6.19. The van der Waals surface area contributed by atoms with Crippen molar-refractivity contribution < 1.29 is 27.9 Å². The van der Waals surface area contributed by atoms with Crippen LogP contribution in [0, 0.1) is 0 Å². The summed E-state index contributed by atoms with van der Waals surface area (Å²) in [5.41, 5.74) is 3.84. The zero-order chi connectivity index (χ0) is 16.0. The fraction of sp³-hybridized carbons (Fsp3) is 0.462. The van der Waals surface area contributed by atoms with Crippen molar-refractivity contribution in [3.8, 4) is 5.75 Å². The Kier molecular flexibility index (Phi) is 5.83. The van der Waals surface area contributed by atoms with Gasteiger partial charge >= 0.3 is 6.18 Å². The Morgan fingerprint density at radius 2 is 2.00 bits per heavy atom. The van der Waals surface area contributed by atoms with Crippen molar-refractivity contribution in [2.45, 2.75) is 26.1 Å². The molecule has 0 unspecified atom stereocenters. The smallest absolute Gasteiger partial charge is 0.417 e. The molecule has 0 radical (unpaired) electrons. The van der Waals surface area contributed by atoms with Crippen LogP contribution < -0.4 is 10.5 Å². The molecule has 5 nitrogen and oxygen atoms in total. The van der Waals surface area contributed by atoms with Gasteiger partial charge in [0.15, 0.2) is 5.84 Å². The highest BCUT2D eigenvalue weighted by Crippen LogP contribution is 2.33. The van der Waals surface area contributed by atoms with Crippen LogP contribution >= 0.6 is 0 Å². The second-order valence-electron chi connectivity index (χ2n) is 4.46. The average Bonchev–Trinajstić information content (AvgIpc) is 2.41. The number of hydrogen-bond donors (Lipinski definition) is 2. The Morgan fingerprint density at radius 3 is 2.52 bits per heavy atom. The third kappa shape index (κ3) is 5.14. The maximum atomic E-state index is 12.8. The van der Waals surface area contributed by atoms with Gasteiger partial charge in [0, 0.05) is 5.56 Å². The summed E-state index contributed by atoms with van der Waals surface area (Å²) in [7, 11) is 0. The van der Waals surface area contributed by atoms with Crippen LogP contribution in [0.25, 0.3) is 0 Å². The third-order valence-corrected chi connectivity index (χ3v) is 2.48. The van der Waals surface area contributed by atoms with E-state index < -0.39 is 23.1 Å². The summed E-state index contributed by atoms with van der Waals surface area (Å²) >= 11 is 0. The number of hydrogen-bond acceptors (Lipinski definition) is 4. The van der Waals surface area contributed by atoms with E-state index >= 15 is 0 Å².